The largest absolute Gasteiger partial charge is 0.389 e. The van der Waals surface area contributed by atoms with Crippen molar-refractivity contribution in [2.75, 3.05) is 5.33 Å². The Morgan fingerprint density at radius 2 is 2.22 bits per heavy atom. The molecule has 0 aliphatic carbocycles. The zero-order valence-electron chi connectivity index (χ0n) is 4.59. The van der Waals surface area contributed by atoms with Gasteiger partial charge in [0.2, 0.25) is 0 Å². The maximum absolute atomic E-state index is 10.2. The van der Waals surface area contributed by atoms with Crippen LogP contribution in [-0.4, -0.2) is 17.3 Å². The minimum absolute atomic E-state index is 0.0204. The number of esters is 2. The topological polar surface area (TPSA) is 43.4 Å². The van der Waals surface area contributed by atoms with Crippen molar-refractivity contribution >= 4 is 27.9 Å². The summed E-state index contributed by atoms with van der Waals surface area (Å²) < 4.78 is 4.11. The molecule has 0 aromatic carbocycles. The van der Waals surface area contributed by atoms with Crippen LogP contribution >= 0.6 is 15.9 Å². The van der Waals surface area contributed by atoms with Gasteiger partial charge in [0.25, 0.3) is 0 Å². The average molecular weight is 193 g/mol. The van der Waals surface area contributed by atoms with E-state index in [1.165, 1.54) is 0 Å². The van der Waals surface area contributed by atoms with Crippen molar-refractivity contribution in [2.45, 2.75) is 0 Å². The van der Waals surface area contributed by atoms with E-state index in [4.69, 9.17) is 0 Å². The fourth-order valence-corrected chi connectivity index (χ4v) is 0.296. The Morgan fingerprint density at radius 1 is 1.67 bits per heavy atom. The summed E-state index contributed by atoms with van der Waals surface area (Å²) in [4.78, 5) is 20.4. The number of hydrogen-bond acceptors (Lipinski definition) is 3. The Morgan fingerprint density at radius 3 is 2.56 bits per heavy atom. The van der Waals surface area contributed by atoms with Crippen molar-refractivity contribution in [3.05, 3.63) is 12.7 Å². The molecule has 9 heavy (non-hydrogen) atoms. The van der Waals surface area contributed by atoms with E-state index in [9.17, 15) is 9.59 Å². The third-order valence-corrected chi connectivity index (χ3v) is 0.948. The molecule has 50 valence electrons. The van der Waals surface area contributed by atoms with E-state index in [1.807, 2.05) is 0 Å². The minimum atomic E-state index is -0.723. The van der Waals surface area contributed by atoms with Gasteiger partial charge < -0.3 is 4.74 Å². The van der Waals surface area contributed by atoms with Crippen LogP contribution in [0.2, 0.25) is 0 Å². The number of rotatable bonds is 2. The van der Waals surface area contributed by atoms with Gasteiger partial charge in [-0.25, -0.2) is 4.79 Å². The molecule has 0 saturated heterocycles. The lowest BCUT2D eigenvalue weighted by molar-refractivity contribution is -0.153. The van der Waals surface area contributed by atoms with E-state index in [-0.39, 0.29) is 5.33 Å². The van der Waals surface area contributed by atoms with Gasteiger partial charge in [-0.2, -0.15) is 0 Å². The molecule has 0 heterocycles. The summed E-state index contributed by atoms with van der Waals surface area (Å²) in [5, 5.41) is 0.0204. The lowest BCUT2D eigenvalue weighted by Gasteiger charge is -1.92. The Labute approximate surface area is 60.8 Å². The average Bonchev–Trinajstić information content (AvgIpc) is 1.87. The monoisotopic (exact) mass is 192 g/mol. The van der Waals surface area contributed by atoms with Gasteiger partial charge >= 0.3 is 11.9 Å². The van der Waals surface area contributed by atoms with Crippen LogP contribution in [-0.2, 0) is 14.3 Å². The number of carbonyl (C=O) groups is 2. The predicted molar refractivity (Wildman–Crippen MR) is 35.1 cm³/mol. The highest BCUT2D eigenvalue weighted by Crippen LogP contribution is 1.86. The number of ether oxygens (including phenoxy) is 1. The number of carbonyl (C=O) groups excluding carboxylic acids is 2. The number of alkyl halides is 1. The summed E-state index contributed by atoms with van der Waals surface area (Å²) in [5.74, 6) is -1.33. The predicted octanol–water partition coefficient (Wildman–Crippen LogP) is 0.637. The second kappa shape index (κ2) is 4.26. The molecular weight excluding hydrogens is 188 g/mol. The summed E-state index contributed by atoms with van der Waals surface area (Å²) in [6, 6.07) is 0. The first-order valence-corrected chi connectivity index (χ1v) is 3.26. The van der Waals surface area contributed by atoms with E-state index in [2.05, 4.69) is 27.2 Å². The molecule has 0 aromatic heterocycles. The van der Waals surface area contributed by atoms with Gasteiger partial charge in [-0.3, -0.25) is 4.79 Å². The highest BCUT2D eigenvalue weighted by molar-refractivity contribution is 9.09. The minimum Gasteiger partial charge on any atom is -0.389 e. The summed E-state index contributed by atoms with van der Waals surface area (Å²) in [6.07, 6.45) is 0.931. The smallest absolute Gasteiger partial charge is 0.337 e. The van der Waals surface area contributed by atoms with Gasteiger partial charge in [0.15, 0.2) is 0 Å². The van der Waals surface area contributed by atoms with Crippen molar-refractivity contribution in [2.24, 2.45) is 0 Å². The number of hydrogen-bond donors (Lipinski definition) is 0. The van der Waals surface area contributed by atoms with Crippen molar-refractivity contribution in [3.63, 3.8) is 0 Å². The van der Waals surface area contributed by atoms with Crippen molar-refractivity contribution in [1.82, 2.24) is 0 Å². The second-order valence-electron chi connectivity index (χ2n) is 1.13. The first kappa shape index (κ1) is 8.36. The Kier molecular flexibility index (Phi) is 3.96. The molecule has 0 amide bonds. The van der Waals surface area contributed by atoms with Crippen LogP contribution in [0.3, 0.4) is 0 Å². The molecule has 3 nitrogen and oxygen atoms in total. The molecule has 0 bridgehead atoms. The summed E-state index contributed by atoms with van der Waals surface area (Å²) in [7, 11) is 0. The van der Waals surface area contributed by atoms with E-state index in [0.29, 0.717) is 0 Å². The standard InChI is InChI=1S/C5H5BrO3/c1-2-4(7)9-5(8)3-6/h2H,1,3H2. The molecule has 0 saturated carbocycles. The number of halogens is 1. The highest BCUT2D eigenvalue weighted by atomic mass is 79.9. The van der Waals surface area contributed by atoms with Gasteiger partial charge in [0, 0.05) is 6.08 Å². The van der Waals surface area contributed by atoms with Crippen molar-refractivity contribution < 1.29 is 14.3 Å². The summed E-state index contributed by atoms with van der Waals surface area (Å²) in [6.45, 7) is 3.11. The molecule has 0 fully saturated rings. The van der Waals surface area contributed by atoms with E-state index >= 15 is 0 Å². The van der Waals surface area contributed by atoms with Gasteiger partial charge in [0.05, 0.1) is 0 Å². The Balaban J connectivity index is 3.59. The van der Waals surface area contributed by atoms with Crippen LogP contribution in [0.15, 0.2) is 12.7 Å². The van der Waals surface area contributed by atoms with Crippen LogP contribution in [0, 0.1) is 0 Å². The van der Waals surface area contributed by atoms with Gasteiger partial charge in [0.1, 0.15) is 5.33 Å². The normalized spacial score (nSPS) is 8.11. The lowest BCUT2D eigenvalue weighted by atomic mass is 10.6. The molecule has 0 radical (unpaired) electrons. The van der Waals surface area contributed by atoms with Crippen LogP contribution in [0.25, 0.3) is 0 Å². The zero-order valence-corrected chi connectivity index (χ0v) is 6.18. The van der Waals surface area contributed by atoms with Crippen LogP contribution in [0.1, 0.15) is 0 Å². The molecule has 0 atom stereocenters. The first-order chi connectivity index (χ1) is 4.20. The fourth-order valence-electron chi connectivity index (χ4n) is 0.181. The Bertz CT molecular complexity index is 141. The molecule has 0 unspecified atom stereocenters. The molecule has 0 aliphatic heterocycles. The maximum atomic E-state index is 10.2. The molecule has 4 heteroatoms. The third-order valence-electron chi connectivity index (χ3n) is 0.490. The SMILES string of the molecule is C=CC(=O)OC(=O)CBr. The lowest BCUT2D eigenvalue weighted by Crippen LogP contribution is -2.10. The molecule has 0 aromatic rings. The van der Waals surface area contributed by atoms with Crippen molar-refractivity contribution in [3.8, 4) is 0 Å². The molecule has 0 spiro atoms. The van der Waals surface area contributed by atoms with E-state index in [1.54, 1.807) is 0 Å². The molecule has 0 rings (SSSR count). The van der Waals surface area contributed by atoms with Crippen LogP contribution < -0.4 is 0 Å². The van der Waals surface area contributed by atoms with E-state index in [0.717, 1.165) is 6.08 Å². The fraction of sp³-hybridized carbons (Fsp3) is 0.200. The summed E-state index contributed by atoms with van der Waals surface area (Å²) in [5.41, 5.74) is 0. The van der Waals surface area contributed by atoms with Gasteiger partial charge in [-0.05, 0) is 0 Å². The van der Waals surface area contributed by atoms with Gasteiger partial charge in [-0.15, -0.1) is 0 Å². The van der Waals surface area contributed by atoms with Crippen LogP contribution in [0.4, 0.5) is 0 Å². The molecular formula is C5H5BrO3. The highest BCUT2D eigenvalue weighted by Gasteiger charge is 2.02. The van der Waals surface area contributed by atoms with E-state index < -0.39 is 11.9 Å². The van der Waals surface area contributed by atoms with Crippen LogP contribution in [0.5, 0.6) is 0 Å². The van der Waals surface area contributed by atoms with Crippen molar-refractivity contribution in [1.29, 1.82) is 0 Å². The second-order valence-corrected chi connectivity index (χ2v) is 1.69. The Hall–Kier alpha value is -0.640. The zero-order chi connectivity index (χ0) is 7.28. The quantitative estimate of drug-likeness (QED) is 0.279. The van der Waals surface area contributed by atoms with Gasteiger partial charge in [-0.1, -0.05) is 22.5 Å². The maximum Gasteiger partial charge on any atom is 0.337 e. The first-order valence-electron chi connectivity index (χ1n) is 2.13. The summed E-state index contributed by atoms with van der Waals surface area (Å²) >= 11 is 2.81. The third kappa shape index (κ3) is 3.90. The molecule has 0 N–H and O–H groups in total. The molecule has 0 aliphatic rings.